The zero-order valence-corrected chi connectivity index (χ0v) is 78.7. The highest BCUT2D eigenvalue weighted by Gasteiger charge is 2.28. The van der Waals surface area contributed by atoms with Crippen LogP contribution in [0.1, 0.15) is 0 Å². The van der Waals surface area contributed by atoms with E-state index in [0.717, 1.165) is 0 Å². The van der Waals surface area contributed by atoms with Crippen LogP contribution in [0.4, 0.5) is 0 Å². The zero-order chi connectivity index (χ0) is 94.3. The van der Waals surface area contributed by atoms with Crippen molar-refractivity contribution >= 4 is 194 Å². The fraction of sp³-hybridized carbons (Fsp3) is 0. The van der Waals surface area contributed by atoms with E-state index >= 15 is 0 Å². The minimum absolute atomic E-state index is 1.19. The average molecular weight is 1820 g/mol. The molecule has 30 aromatic rings. The van der Waals surface area contributed by atoms with Gasteiger partial charge in [-0.25, -0.2) is 0 Å². The summed E-state index contributed by atoms with van der Waals surface area (Å²) in [7, 11) is 0. The van der Waals surface area contributed by atoms with Crippen molar-refractivity contribution in [2.75, 3.05) is 0 Å². The molecule has 0 aliphatic rings. The molecule has 0 atom stereocenters. The molecule has 0 saturated heterocycles. The molecular weight excluding hydrogens is 1730 g/mol. The summed E-state index contributed by atoms with van der Waals surface area (Å²) in [4.78, 5) is 0. The van der Waals surface area contributed by atoms with E-state index in [0.29, 0.717) is 0 Å². The van der Waals surface area contributed by atoms with Gasteiger partial charge in [-0.05, 0) is 395 Å². The topological polar surface area (TPSA) is 0 Å². The van der Waals surface area contributed by atoms with E-state index in [-0.39, 0.29) is 0 Å². The van der Waals surface area contributed by atoms with Gasteiger partial charge in [-0.15, -0.1) is 0 Å². The molecule has 662 valence electrons. The first kappa shape index (κ1) is 81.3. The molecule has 0 aliphatic heterocycles. The van der Waals surface area contributed by atoms with Gasteiger partial charge in [0.1, 0.15) is 0 Å². The van der Waals surface area contributed by atoms with Crippen molar-refractivity contribution in [3.05, 3.63) is 522 Å². The molecule has 0 saturated carbocycles. The van der Waals surface area contributed by atoms with E-state index in [9.17, 15) is 0 Å². The standard InChI is InChI=1S/C144H86/c1-3-32-87(33-4-1)89-42-25-44-91(74-89)93-46-27-48-101(76-93)139-103-50-13-7-36-95(103)78-127-115-64-30-66-122(120(115)69-71-124(127)139)141-105-52-15-10-39-98(105)81-131-111-58-21-23-60-117(111)134(85-137(131)141)143-107-54-17-9-38-97(107)80-129-113-62-29-63-114(119(113)68-73-126(129)143)133-84-136-130(109-56-19-20-57-110(109)133)83-100-41-12-18-55-108(100)144(136)135-86-138-132(112-59-22-24-61-118(112)135)82-99-40-11-16-53-106(99)142(138)123-67-31-65-116-121(123)70-72-125-128(116)79-96-37-8-14-51-104(96)140(125)102-49-28-47-94(77-102)92-45-26-43-90(75-92)88-34-5-2-6-35-88/h1-86H. The maximum Gasteiger partial charge on any atom is -0.00199 e. The third-order valence-electron chi connectivity index (χ3n) is 31.6. The largest absolute Gasteiger partial charge is 0.0622 e. The summed E-state index contributed by atoms with van der Waals surface area (Å²) in [6.45, 7) is 0. The summed E-state index contributed by atoms with van der Waals surface area (Å²) in [6, 6.07) is 198. The fourth-order valence-electron chi connectivity index (χ4n) is 25.3. The van der Waals surface area contributed by atoms with Gasteiger partial charge in [-0.3, -0.25) is 0 Å². The molecule has 0 bridgehead atoms. The maximum absolute atomic E-state index is 2.59. The molecule has 0 amide bonds. The third kappa shape index (κ3) is 12.7. The van der Waals surface area contributed by atoms with Gasteiger partial charge in [0.05, 0.1) is 0 Å². The summed E-state index contributed by atoms with van der Waals surface area (Å²) in [5.74, 6) is 0. The lowest BCUT2D eigenvalue weighted by molar-refractivity contribution is 1.58. The molecule has 0 aromatic heterocycles. The van der Waals surface area contributed by atoms with Gasteiger partial charge >= 0.3 is 0 Å². The maximum atomic E-state index is 2.59. The van der Waals surface area contributed by atoms with E-state index in [1.165, 1.54) is 316 Å². The van der Waals surface area contributed by atoms with Crippen molar-refractivity contribution in [2.24, 2.45) is 0 Å². The quantitative estimate of drug-likeness (QED) is 0.0894. The van der Waals surface area contributed by atoms with Crippen molar-refractivity contribution in [1.29, 1.82) is 0 Å². The van der Waals surface area contributed by atoms with Crippen LogP contribution in [0.25, 0.3) is 316 Å². The Labute approximate surface area is 831 Å². The first-order valence-electron chi connectivity index (χ1n) is 50.2. The summed E-state index contributed by atoms with van der Waals surface area (Å²) in [5.41, 5.74) is 26.6. The van der Waals surface area contributed by atoms with Crippen LogP contribution in [-0.4, -0.2) is 0 Å². The highest BCUT2D eigenvalue weighted by atomic mass is 14.3. The molecule has 0 heteroatoms. The van der Waals surface area contributed by atoms with E-state index in [1.807, 2.05) is 0 Å². The first-order chi connectivity index (χ1) is 71.4. The molecule has 0 nitrogen and oxygen atoms in total. The Balaban J connectivity index is 0.598. The predicted molar refractivity (Wildman–Crippen MR) is 621 cm³/mol. The highest BCUT2D eigenvalue weighted by Crippen LogP contribution is 2.56. The number of benzene rings is 30. The normalized spacial score (nSPS) is 12.0. The number of rotatable bonds is 11. The van der Waals surface area contributed by atoms with E-state index < -0.39 is 0 Å². The van der Waals surface area contributed by atoms with Gasteiger partial charge in [0.25, 0.3) is 0 Å². The van der Waals surface area contributed by atoms with Crippen molar-refractivity contribution in [3.63, 3.8) is 0 Å². The molecule has 0 heterocycles. The summed E-state index contributed by atoms with van der Waals surface area (Å²) in [5, 5.41) is 43.8. The van der Waals surface area contributed by atoms with Crippen LogP contribution < -0.4 is 0 Å². The van der Waals surface area contributed by atoms with Crippen LogP contribution >= 0.6 is 0 Å². The Kier molecular flexibility index (Phi) is 18.3. The lowest BCUT2D eigenvalue weighted by Crippen LogP contribution is -1.94. The van der Waals surface area contributed by atoms with Gasteiger partial charge in [0.15, 0.2) is 0 Å². The van der Waals surface area contributed by atoms with E-state index in [2.05, 4.69) is 522 Å². The molecule has 144 heavy (non-hydrogen) atoms. The Morgan fingerprint density at radius 2 is 0.257 bits per heavy atom. The van der Waals surface area contributed by atoms with Crippen LogP contribution in [0.15, 0.2) is 522 Å². The Morgan fingerprint density at radius 1 is 0.0694 bits per heavy atom. The van der Waals surface area contributed by atoms with Gasteiger partial charge in [0.2, 0.25) is 0 Å². The second kappa shape index (κ2) is 32.4. The van der Waals surface area contributed by atoms with Crippen LogP contribution in [0.5, 0.6) is 0 Å². The Bertz CT molecular complexity index is 10800. The van der Waals surface area contributed by atoms with Gasteiger partial charge in [0, 0.05) is 0 Å². The van der Waals surface area contributed by atoms with Gasteiger partial charge < -0.3 is 0 Å². The molecule has 30 aromatic carbocycles. The second-order valence-corrected chi connectivity index (χ2v) is 39.3. The molecule has 0 N–H and O–H groups in total. The molecule has 30 rings (SSSR count). The summed E-state index contributed by atoms with van der Waals surface area (Å²) >= 11 is 0. The van der Waals surface area contributed by atoms with E-state index in [1.54, 1.807) is 0 Å². The molecular formula is C144H86. The smallest absolute Gasteiger partial charge is 0.00199 e. The molecule has 0 radical (unpaired) electrons. The van der Waals surface area contributed by atoms with Gasteiger partial charge in [-0.1, -0.05) is 443 Å². The average Bonchev–Trinajstić information content (AvgIpc) is 0.707. The molecule has 0 unspecified atom stereocenters. The minimum Gasteiger partial charge on any atom is -0.0622 e. The van der Waals surface area contributed by atoms with Crippen LogP contribution in [0, 0.1) is 0 Å². The van der Waals surface area contributed by atoms with Crippen LogP contribution in [0.3, 0.4) is 0 Å². The molecule has 0 aliphatic carbocycles. The van der Waals surface area contributed by atoms with E-state index in [4.69, 9.17) is 0 Å². The molecule has 0 spiro atoms. The van der Waals surface area contributed by atoms with Crippen molar-refractivity contribution in [3.8, 4) is 122 Å². The monoisotopic (exact) mass is 1810 g/mol. The number of hydrogen-bond acceptors (Lipinski definition) is 0. The highest BCUT2D eigenvalue weighted by molar-refractivity contribution is 6.35. The van der Waals surface area contributed by atoms with Crippen molar-refractivity contribution in [2.45, 2.75) is 0 Å². The zero-order valence-electron chi connectivity index (χ0n) is 78.7. The first-order valence-corrected chi connectivity index (χ1v) is 50.2. The fourth-order valence-corrected chi connectivity index (χ4v) is 25.3. The minimum atomic E-state index is 1.19. The molecule has 0 fully saturated rings. The second-order valence-electron chi connectivity index (χ2n) is 39.3. The third-order valence-corrected chi connectivity index (χ3v) is 31.6. The Hall–Kier alpha value is -18.7. The van der Waals surface area contributed by atoms with Gasteiger partial charge in [-0.2, -0.15) is 0 Å². The van der Waals surface area contributed by atoms with Crippen LogP contribution in [0.2, 0.25) is 0 Å². The number of hydrogen-bond donors (Lipinski definition) is 0. The SMILES string of the molecule is c1ccc(-c2cccc(-c3cccc(-c4c5ccccc5cc5c4ccc4c(-c6c7ccccc7cc7c6cc(-c6c8ccccc8cc8c6ccc6c(-c9cc%10c(-c%11cc%12c(-c%13cccc%14c%13ccc%13c(-c%15cccc(-c%16cccc(-c%17ccccc%17)c%16)c%15)c%15ccccc%15cc%13%14)c%13ccccc%13cc%12c%12ccccc%11%12)c%11ccccc%11cc%10c%10ccccc9%10)cccc68)c6ccccc67)cccc45)c3)c2)cc1. The summed E-state index contributed by atoms with van der Waals surface area (Å²) < 4.78 is 0. The number of fused-ring (bicyclic) bond motifs is 24. The van der Waals surface area contributed by atoms with Crippen LogP contribution in [-0.2, 0) is 0 Å². The Morgan fingerprint density at radius 3 is 0.590 bits per heavy atom. The summed E-state index contributed by atoms with van der Waals surface area (Å²) in [6.07, 6.45) is 0. The lowest BCUT2D eigenvalue weighted by atomic mass is 9.81. The lowest BCUT2D eigenvalue weighted by Gasteiger charge is -2.22. The predicted octanol–water partition coefficient (Wildman–Crippen LogP) is 40.8. The van der Waals surface area contributed by atoms with Crippen molar-refractivity contribution < 1.29 is 0 Å². The van der Waals surface area contributed by atoms with Crippen molar-refractivity contribution in [1.82, 2.24) is 0 Å².